The van der Waals surface area contributed by atoms with E-state index in [2.05, 4.69) is 10.3 Å². The first-order valence-corrected chi connectivity index (χ1v) is 3.81. The van der Waals surface area contributed by atoms with Gasteiger partial charge in [0.05, 0.1) is 24.1 Å². The van der Waals surface area contributed by atoms with Crippen molar-refractivity contribution in [2.24, 2.45) is 5.84 Å². The Hall–Kier alpha value is -1.13. The van der Waals surface area contributed by atoms with Crippen molar-refractivity contribution in [2.75, 3.05) is 19.4 Å². The maximum Gasteiger partial charge on any atom is 0.0559 e. The van der Waals surface area contributed by atoms with Crippen LogP contribution in [0.4, 0.5) is 5.69 Å². The summed E-state index contributed by atoms with van der Waals surface area (Å²) in [5.41, 5.74) is 1.98. The van der Waals surface area contributed by atoms with Gasteiger partial charge in [0.1, 0.15) is 0 Å². The second-order valence-corrected chi connectivity index (χ2v) is 2.70. The van der Waals surface area contributed by atoms with E-state index in [9.17, 15) is 0 Å². The van der Waals surface area contributed by atoms with Crippen LogP contribution >= 0.6 is 0 Å². The van der Waals surface area contributed by atoms with Crippen LogP contribution in [0, 0.1) is 0 Å². The molecule has 12 heavy (non-hydrogen) atoms. The molecule has 0 aromatic carbocycles. The van der Waals surface area contributed by atoms with Gasteiger partial charge in [0.15, 0.2) is 0 Å². The number of hydrogen-bond acceptors (Lipinski definition) is 4. The van der Waals surface area contributed by atoms with E-state index in [1.165, 1.54) is 0 Å². The van der Waals surface area contributed by atoms with Crippen LogP contribution in [-0.4, -0.2) is 24.1 Å². The van der Waals surface area contributed by atoms with Crippen molar-refractivity contribution in [3.8, 4) is 0 Å². The third-order valence-electron chi connectivity index (χ3n) is 1.52. The van der Waals surface area contributed by atoms with E-state index in [-0.39, 0.29) is 0 Å². The summed E-state index contributed by atoms with van der Waals surface area (Å²) in [6, 6.07) is 3.93. The summed E-state index contributed by atoms with van der Waals surface area (Å²) >= 11 is 0. The lowest BCUT2D eigenvalue weighted by atomic mass is 10.3. The van der Waals surface area contributed by atoms with Crippen LogP contribution in [0.3, 0.4) is 0 Å². The summed E-state index contributed by atoms with van der Waals surface area (Å²) < 4.78 is 0. The van der Waals surface area contributed by atoms with Crippen LogP contribution in [-0.2, 0) is 6.54 Å². The molecular formula is C8H14N4. The zero-order chi connectivity index (χ0) is 8.97. The van der Waals surface area contributed by atoms with Gasteiger partial charge >= 0.3 is 0 Å². The zero-order valence-electron chi connectivity index (χ0n) is 7.41. The summed E-state index contributed by atoms with van der Waals surface area (Å²) in [6.45, 7) is 0.671. The Kier molecular flexibility index (Phi) is 3.01. The fraction of sp³-hybridized carbons (Fsp3) is 0.375. The van der Waals surface area contributed by atoms with Crippen molar-refractivity contribution in [1.29, 1.82) is 0 Å². The molecule has 4 heteroatoms. The number of rotatable bonds is 3. The lowest BCUT2D eigenvalue weighted by Gasteiger charge is -2.08. The molecule has 3 N–H and O–H groups in total. The quantitative estimate of drug-likeness (QED) is 0.505. The second kappa shape index (κ2) is 4.04. The average Bonchev–Trinajstić information content (AvgIpc) is 2.05. The first-order valence-electron chi connectivity index (χ1n) is 3.81. The van der Waals surface area contributed by atoms with E-state index < -0.39 is 0 Å². The van der Waals surface area contributed by atoms with E-state index in [1.54, 1.807) is 11.2 Å². The Bertz CT molecular complexity index is 229. The molecule has 0 unspecified atom stereocenters. The van der Waals surface area contributed by atoms with Crippen LogP contribution in [0.25, 0.3) is 0 Å². The Labute approximate surface area is 72.4 Å². The van der Waals surface area contributed by atoms with E-state index in [0.29, 0.717) is 6.54 Å². The summed E-state index contributed by atoms with van der Waals surface area (Å²) in [7, 11) is 3.68. The Morgan fingerprint density at radius 2 is 2.33 bits per heavy atom. The molecule has 66 valence electrons. The maximum absolute atomic E-state index is 5.47. The highest BCUT2D eigenvalue weighted by Crippen LogP contribution is 2.04. The van der Waals surface area contributed by atoms with E-state index in [0.717, 1.165) is 11.4 Å². The van der Waals surface area contributed by atoms with Gasteiger partial charge in [0, 0.05) is 14.1 Å². The fourth-order valence-electron chi connectivity index (χ4n) is 0.921. The zero-order valence-corrected chi connectivity index (χ0v) is 7.41. The van der Waals surface area contributed by atoms with Crippen LogP contribution in [0.5, 0.6) is 0 Å². The molecule has 1 rings (SSSR count). The number of hydrogen-bond donors (Lipinski definition) is 2. The largest absolute Gasteiger partial charge is 0.387 e. The number of anilines is 1. The van der Waals surface area contributed by atoms with Gasteiger partial charge in [0.2, 0.25) is 0 Å². The summed E-state index contributed by atoms with van der Waals surface area (Å²) in [5, 5.41) is 4.60. The van der Waals surface area contributed by atoms with Gasteiger partial charge in [-0.2, -0.15) is 0 Å². The topological polar surface area (TPSA) is 54.2 Å². The van der Waals surface area contributed by atoms with Crippen molar-refractivity contribution in [2.45, 2.75) is 6.54 Å². The Balaban J connectivity index is 2.65. The number of pyridine rings is 1. The molecule has 0 saturated heterocycles. The van der Waals surface area contributed by atoms with Crippen molar-refractivity contribution in [3.05, 3.63) is 24.0 Å². The highest BCUT2D eigenvalue weighted by Gasteiger charge is 1.95. The summed E-state index contributed by atoms with van der Waals surface area (Å²) in [4.78, 5) is 4.21. The van der Waals surface area contributed by atoms with Gasteiger partial charge in [0.25, 0.3) is 0 Å². The fourth-order valence-corrected chi connectivity index (χ4v) is 0.921. The number of aromatic nitrogens is 1. The van der Waals surface area contributed by atoms with Gasteiger partial charge in [-0.05, 0) is 12.1 Å². The highest BCUT2D eigenvalue weighted by atomic mass is 15.4. The van der Waals surface area contributed by atoms with Crippen molar-refractivity contribution < 1.29 is 0 Å². The molecule has 0 aliphatic rings. The first-order chi connectivity index (χ1) is 5.72. The van der Waals surface area contributed by atoms with E-state index in [4.69, 9.17) is 5.84 Å². The predicted octanol–water partition coefficient (Wildman–Crippen LogP) is 0.429. The molecule has 4 nitrogen and oxygen atoms in total. The second-order valence-electron chi connectivity index (χ2n) is 2.70. The summed E-state index contributed by atoms with van der Waals surface area (Å²) in [6.07, 6.45) is 1.79. The molecule has 0 saturated carbocycles. The first kappa shape index (κ1) is 8.96. The van der Waals surface area contributed by atoms with Crippen LogP contribution < -0.4 is 11.2 Å². The molecule has 0 radical (unpaired) electrons. The molecule has 0 aliphatic carbocycles. The van der Waals surface area contributed by atoms with Crippen LogP contribution in [0.1, 0.15) is 5.69 Å². The van der Waals surface area contributed by atoms with Gasteiger partial charge in [-0.25, -0.2) is 5.01 Å². The molecule has 1 heterocycles. The molecule has 1 aromatic rings. The average molecular weight is 166 g/mol. The molecule has 0 spiro atoms. The minimum absolute atomic E-state index is 0.671. The minimum Gasteiger partial charge on any atom is -0.387 e. The summed E-state index contributed by atoms with van der Waals surface area (Å²) in [5.74, 6) is 5.47. The van der Waals surface area contributed by atoms with Gasteiger partial charge in [-0.15, -0.1) is 0 Å². The number of hydrazine groups is 1. The van der Waals surface area contributed by atoms with E-state index in [1.807, 2.05) is 26.2 Å². The van der Waals surface area contributed by atoms with E-state index >= 15 is 0 Å². The molecule has 0 aliphatic heterocycles. The van der Waals surface area contributed by atoms with Crippen LogP contribution in [0.15, 0.2) is 18.3 Å². The SMILES string of the molecule is CNc1ccc(CN(C)N)nc1. The molecular weight excluding hydrogens is 152 g/mol. The Morgan fingerprint density at radius 3 is 2.75 bits per heavy atom. The van der Waals surface area contributed by atoms with Gasteiger partial charge < -0.3 is 5.32 Å². The monoisotopic (exact) mass is 166 g/mol. The minimum atomic E-state index is 0.671. The molecule has 1 aromatic heterocycles. The number of nitrogens with zero attached hydrogens (tertiary/aromatic N) is 2. The normalized spacial score (nSPS) is 10.3. The standard InChI is InChI=1S/C8H14N4/c1-10-7-3-4-8(11-5-7)6-12(2)9/h3-5,10H,6,9H2,1-2H3. The van der Waals surface area contributed by atoms with Gasteiger partial charge in [-0.3, -0.25) is 10.8 Å². The number of nitrogens with two attached hydrogens (primary N) is 1. The third kappa shape index (κ3) is 2.48. The number of nitrogens with one attached hydrogen (secondary N) is 1. The maximum atomic E-state index is 5.47. The molecule has 0 atom stereocenters. The lowest BCUT2D eigenvalue weighted by molar-refractivity contribution is 0.337. The van der Waals surface area contributed by atoms with Crippen molar-refractivity contribution >= 4 is 5.69 Å². The smallest absolute Gasteiger partial charge is 0.0559 e. The lowest BCUT2D eigenvalue weighted by Crippen LogP contribution is -2.25. The Morgan fingerprint density at radius 1 is 1.58 bits per heavy atom. The van der Waals surface area contributed by atoms with Gasteiger partial charge in [-0.1, -0.05) is 0 Å². The molecule has 0 fully saturated rings. The predicted molar refractivity (Wildman–Crippen MR) is 49.4 cm³/mol. The highest BCUT2D eigenvalue weighted by molar-refractivity contribution is 5.39. The molecule has 0 amide bonds. The van der Waals surface area contributed by atoms with Crippen LogP contribution in [0.2, 0.25) is 0 Å². The van der Waals surface area contributed by atoms with Crippen molar-refractivity contribution in [1.82, 2.24) is 9.99 Å². The third-order valence-corrected chi connectivity index (χ3v) is 1.52. The molecule has 0 bridgehead atoms. The van der Waals surface area contributed by atoms with Crippen molar-refractivity contribution in [3.63, 3.8) is 0 Å².